The van der Waals surface area contributed by atoms with Crippen molar-refractivity contribution in [3.05, 3.63) is 64.7 Å². The number of halogens is 2. The highest BCUT2D eigenvalue weighted by atomic mass is 32.2. The second-order valence-corrected chi connectivity index (χ2v) is 8.41. The number of hydrogen-bond acceptors (Lipinski definition) is 3. The van der Waals surface area contributed by atoms with Crippen molar-refractivity contribution in [3.63, 3.8) is 0 Å². The Hall–Kier alpha value is -2.32. The van der Waals surface area contributed by atoms with Gasteiger partial charge >= 0.3 is 0 Å². The third-order valence-corrected chi connectivity index (χ3v) is 6.58. The molecule has 0 aliphatic carbocycles. The largest absolute Gasteiger partial charge is 0.337 e. The minimum Gasteiger partial charge on any atom is -0.337 e. The first-order valence-corrected chi connectivity index (χ1v) is 10.4. The normalized spacial score (nSPS) is 11.7. The molecule has 152 valence electrons. The van der Waals surface area contributed by atoms with Crippen LogP contribution >= 0.6 is 0 Å². The van der Waals surface area contributed by atoms with Gasteiger partial charge < -0.3 is 4.90 Å². The summed E-state index contributed by atoms with van der Waals surface area (Å²) in [4.78, 5) is 14.2. The maximum atomic E-state index is 13.4. The molecular formula is C20H24F2N2O3S. The van der Waals surface area contributed by atoms with E-state index in [0.29, 0.717) is 24.2 Å². The molecule has 0 saturated carbocycles. The minimum atomic E-state index is -3.70. The summed E-state index contributed by atoms with van der Waals surface area (Å²) in [5.74, 6) is -2.34. The predicted octanol–water partition coefficient (Wildman–Crippen LogP) is 3.58. The molecule has 0 fully saturated rings. The van der Waals surface area contributed by atoms with E-state index in [1.54, 1.807) is 26.8 Å². The van der Waals surface area contributed by atoms with Crippen LogP contribution in [0.3, 0.4) is 0 Å². The number of carbonyl (C=O) groups excluding carboxylic acids is 1. The third-order valence-electron chi connectivity index (χ3n) is 4.53. The number of aryl methyl sites for hydroxylation is 1. The van der Waals surface area contributed by atoms with Crippen molar-refractivity contribution in [1.29, 1.82) is 0 Å². The average molecular weight is 410 g/mol. The molecule has 1 amide bonds. The summed E-state index contributed by atoms with van der Waals surface area (Å²) in [5, 5.41) is 0. The number of carbonyl (C=O) groups is 1. The minimum absolute atomic E-state index is 0.0476. The topological polar surface area (TPSA) is 57.7 Å². The van der Waals surface area contributed by atoms with Gasteiger partial charge in [-0.25, -0.2) is 17.2 Å². The smallest absolute Gasteiger partial charge is 0.254 e. The zero-order valence-corrected chi connectivity index (χ0v) is 17.2. The molecule has 0 N–H and O–H groups in total. The van der Waals surface area contributed by atoms with Crippen LogP contribution in [0.2, 0.25) is 0 Å². The van der Waals surface area contributed by atoms with Gasteiger partial charge in [0, 0.05) is 32.2 Å². The quantitative estimate of drug-likeness (QED) is 0.701. The molecule has 0 aliphatic rings. The van der Waals surface area contributed by atoms with Gasteiger partial charge in [-0.1, -0.05) is 26.0 Å². The number of rotatable bonds is 7. The third kappa shape index (κ3) is 4.56. The van der Waals surface area contributed by atoms with Gasteiger partial charge in [0.1, 0.15) is 0 Å². The summed E-state index contributed by atoms with van der Waals surface area (Å²) in [6.45, 7) is 5.92. The monoisotopic (exact) mass is 410 g/mol. The molecule has 0 aromatic heterocycles. The molecule has 0 spiro atoms. The lowest BCUT2D eigenvalue weighted by Gasteiger charge is -2.21. The van der Waals surface area contributed by atoms with E-state index in [1.807, 2.05) is 0 Å². The van der Waals surface area contributed by atoms with Crippen LogP contribution in [0.4, 0.5) is 8.78 Å². The second kappa shape index (κ2) is 8.79. The van der Waals surface area contributed by atoms with Gasteiger partial charge in [-0.3, -0.25) is 4.79 Å². The number of hydrogen-bond donors (Lipinski definition) is 0. The van der Waals surface area contributed by atoms with E-state index in [-0.39, 0.29) is 17.0 Å². The van der Waals surface area contributed by atoms with Crippen molar-refractivity contribution < 1.29 is 22.0 Å². The molecule has 8 heteroatoms. The molecule has 0 radical (unpaired) electrons. The fourth-order valence-electron chi connectivity index (χ4n) is 2.89. The Balaban J connectivity index is 2.33. The Morgan fingerprint density at radius 3 is 2.21 bits per heavy atom. The summed E-state index contributed by atoms with van der Waals surface area (Å²) >= 11 is 0. The van der Waals surface area contributed by atoms with Gasteiger partial charge in [0.25, 0.3) is 5.91 Å². The molecule has 0 aliphatic heterocycles. The van der Waals surface area contributed by atoms with E-state index in [4.69, 9.17) is 0 Å². The molecule has 0 bridgehead atoms. The summed E-state index contributed by atoms with van der Waals surface area (Å²) in [7, 11) is -2.18. The van der Waals surface area contributed by atoms with Crippen molar-refractivity contribution in [2.75, 3.05) is 20.1 Å². The molecule has 0 saturated heterocycles. The Labute approximate surface area is 164 Å². The number of amides is 1. The zero-order chi connectivity index (χ0) is 21.1. The predicted molar refractivity (Wildman–Crippen MR) is 103 cm³/mol. The first-order chi connectivity index (χ1) is 13.1. The van der Waals surface area contributed by atoms with E-state index < -0.39 is 27.6 Å². The number of benzene rings is 2. The van der Waals surface area contributed by atoms with E-state index in [0.717, 1.165) is 12.1 Å². The first kappa shape index (κ1) is 22.0. The lowest BCUT2D eigenvalue weighted by Crippen LogP contribution is -2.31. The zero-order valence-electron chi connectivity index (χ0n) is 16.4. The van der Waals surface area contributed by atoms with E-state index >= 15 is 0 Å². The number of nitrogens with zero attached hydrogens (tertiary/aromatic N) is 2. The Bertz CT molecular complexity index is 973. The average Bonchev–Trinajstić information content (AvgIpc) is 2.65. The van der Waals surface area contributed by atoms with Crippen LogP contribution in [-0.4, -0.2) is 43.7 Å². The Morgan fingerprint density at radius 1 is 1.00 bits per heavy atom. The van der Waals surface area contributed by atoms with Crippen molar-refractivity contribution in [2.45, 2.75) is 32.2 Å². The summed E-state index contributed by atoms with van der Waals surface area (Å²) in [5.41, 5.74) is 1.30. The molecular weight excluding hydrogens is 386 g/mol. The van der Waals surface area contributed by atoms with E-state index in [1.165, 1.54) is 34.5 Å². The standard InChI is InChI=1S/C20H24F2N2O3S/c1-5-24(6-2)28(26,27)16-9-7-14(3)17(12-16)20(25)23(4)13-15-8-10-18(21)19(22)11-15/h7-12H,5-6,13H2,1-4H3. The molecule has 0 atom stereocenters. The SMILES string of the molecule is CCN(CC)S(=O)(=O)c1ccc(C)c(C(=O)N(C)Cc2ccc(F)c(F)c2)c1. The fourth-order valence-corrected chi connectivity index (χ4v) is 4.38. The van der Waals surface area contributed by atoms with Crippen molar-refractivity contribution in [2.24, 2.45) is 0 Å². The van der Waals surface area contributed by atoms with Crippen LogP contribution in [0.25, 0.3) is 0 Å². The van der Waals surface area contributed by atoms with Gasteiger partial charge in [0.15, 0.2) is 11.6 Å². The van der Waals surface area contributed by atoms with Gasteiger partial charge in [-0.2, -0.15) is 4.31 Å². The van der Waals surface area contributed by atoms with Crippen LogP contribution in [0.1, 0.15) is 35.3 Å². The summed E-state index contributed by atoms with van der Waals surface area (Å²) in [6, 6.07) is 7.88. The molecule has 28 heavy (non-hydrogen) atoms. The highest BCUT2D eigenvalue weighted by Crippen LogP contribution is 2.21. The van der Waals surface area contributed by atoms with E-state index in [2.05, 4.69) is 0 Å². The summed E-state index contributed by atoms with van der Waals surface area (Å²) < 4.78 is 53.3. The van der Waals surface area contributed by atoms with Gasteiger partial charge in [0.05, 0.1) is 4.90 Å². The van der Waals surface area contributed by atoms with Crippen LogP contribution in [-0.2, 0) is 16.6 Å². The maximum Gasteiger partial charge on any atom is 0.254 e. The molecule has 5 nitrogen and oxygen atoms in total. The summed E-state index contributed by atoms with van der Waals surface area (Å²) in [6.07, 6.45) is 0. The molecule has 0 heterocycles. The van der Waals surface area contributed by atoms with Crippen molar-refractivity contribution >= 4 is 15.9 Å². The molecule has 2 rings (SSSR count). The van der Waals surface area contributed by atoms with Crippen molar-refractivity contribution in [1.82, 2.24) is 9.21 Å². The lowest BCUT2D eigenvalue weighted by molar-refractivity contribution is 0.0784. The van der Waals surface area contributed by atoms with Crippen molar-refractivity contribution in [3.8, 4) is 0 Å². The number of sulfonamides is 1. The van der Waals surface area contributed by atoms with Crippen LogP contribution in [0, 0.1) is 18.6 Å². The van der Waals surface area contributed by atoms with Gasteiger partial charge in [-0.05, 0) is 42.3 Å². The molecule has 2 aromatic carbocycles. The maximum absolute atomic E-state index is 13.4. The van der Waals surface area contributed by atoms with Gasteiger partial charge in [-0.15, -0.1) is 0 Å². The van der Waals surface area contributed by atoms with Gasteiger partial charge in [0.2, 0.25) is 10.0 Å². The second-order valence-electron chi connectivity index (χ2n) is 6.48. The Morgan fingerprint density at radius 2 is 1.64 bits per heavy atom. The fraction of sp³-hybridized carbons (Fsp3) is 0.350. The Kier molecular flexibility index (Phi) is 6.90. The lowest BCUT2D eigenvalue weighted by atomic mass is 10.1. The van der Waals surface area contributed by atoms with Crippen LogP contribution in [0.15, 0.2) is 41.3 Å². The first-order valence-electron chi connectivity index (χ1n) is 8.92. The highest BCUT2D eigenvalue weighted by molar-refractivity contribution is 7.89. The molecule has 0 unspecified atom stereocenters. The van der Waals surface area contributed by atoms with E-state index in [9.17, 15) is 22.0 Å². The highest BCUT2D eigenvalue weighted by Gasteiger charge is 2.24. The van der Waals surface area contributed by atoms with Crippen LogP contribution < -0.4 is 0 Å². The molecule has 2 aromatic rings. The van der Waals surface area contributed by atoms with Crippen LogP contribution in [0.5, 0.6) is 0 Å².